The van der Waals surface area contributed by atoms with Crippen molar-refractivity contribution in [2.75, 3.05) is 39.1 Å². The zero-order valence-corrected chi connectivity index (χ0v) is 20.1. The summed E-state index contributed by atoms with van der Waals surface area (Å²) < 4.78 is 62.2. The van der Waals surface area contributed by atoms with Crippen molar-refractivity contribution in [2.45, 2.75) is 41.0 Å². The number of hydrogen-bond acceptors (Lipinski definition) is 6. The number of hydrogen-bond donors (Lipinski definition) is 0. The van der Waals surface area contributed by atoms with Crippen molar-refractivity contribution in [1.82, 2.24) is 8.61 Å². The van der Waals surface area contributed by atoms with Gasteiger partial charge in [-0.25, -0.2) is 25.4 Å². The Balaban J connectivity index is 3.10. The van der Waals surface area contributed by atoms with Crippen LogP contribution in [0.2, 0.25) is 0 Å². The average molecular weight is 451 g/mol. The van der Waals surface area contributed by atoms with Crippen LogP contribution in [0, 0.1) is 5.41 Å². The molecule has 0 unspecified atom stereocenters. The van der Waals surface area contributed by atoms with Gasteiger partial charge < -0.3 is 9.47 Å². The van der Waals surface area contributed by atoms with Gasteiger partial charge in [-0.2, -0.15) is 0 Å². The van der Waals surface area contributed by atoms with Crippen molar-refractivity contribution in [2.24, 2.45) is 5.41 Å². The summed E-state index contributed by atoms with van der Waals surface area (Å²) in [6.45, 7) is 10.4. The van der Waals surface area contributed by atoms with E-state index in [1.807, 2.05) is 0 Å². The maximum atomic E-state index is 12.2. The summed E-state index contributed by atoms with van der Waals surface area (Å²) in [7, 11) is -4.13. The van der Waals surface area contributed by atoms with Gasteiger partial charge in [-0.15, -0.1) is 0 Å². The van der Waals surface area contributed by atoms with E-state index in [1.165, 1.54) is 28.8 Å². The van der Waals surface area contributed by atoms with Gasteiger partial charge in [0.05, 0.1) is 0 Å². The summed E-state index contributed by atoms with van der Waals surface area (Å²) in [6, 6.07) is 5.02. The minimum atomic E-state index is -3.55. The molecule has 10 heteroatoms. The second-order valence-electron chi connectivity index (χ2n) is 8.13. The van der Waals surface area contributed by atoms with Crippen LogP contribution in [0.25, 0.3) is 0 Å². The van der Waals surface area contributed by atoms with E-state index in [1.54, 1.807) is 26.0 Å². The summed E-state index contributed by atoms with van der Waals surface area (Å²) >= 11 is 0. The SMILES string of the molecule is CCN(C)S(=O)(=O)COc1cc(CC(C)(C)C)cc(OCS(=O)(=O)N(C)CC)c1. The van der Waals surface area contributed by atoms with Gasteiger partial charge in [0.25, 0.3) is 0 Å². The lowest BCUT2D eigenvalue weighted by molar-refractivity contribution is 0.341. The van der Waals surface area contributed by atoms with Crippen LogP contribution in [0.15, 0.2) is 18.2 Å². The first-order valence-electron chi connectivity index (χ1n) is 9.48. The lowest BCUT2D eigenvalue weighted by Gasteiger charge is -2.21. The van der Waals surface area contributed by atoms with Crippen LogP contribution in [-0.4, -0.2) is 64.5 Å². The van der Waals surface area contributed by atoms with E-state index >= 15 is 0 Å². The van der Waals surface area contributed by atoms with Gasteiger partial charge in [0.2, 0.25) is 31.9 Å². The molecule has 0 heterocycles. The fourth-order valence-electron chi connectivity index (χ4n) is 2.37. The molecule has 0 amide bonds. The van der Waals surface area contributed by atoms with Crippen LogP contribution < -0.4 is 9.47 Å². The molecule has 1 rings (SSSR count). The Bertz CT molecular complexity index is 814. The number of benzene rings is 1. The Kier molecular flexibility index (Phi) is 8.94. The van der Waals surface area contributed by atoms with E-state index in [-0.39, 0.29) is 5.41 Å². The van der Waals surface area contributed by atoms with Crippen LogP contribution >= 0.6 is 0 Å². The highest BCUT2D eigenvalue weighted by Crippen LogP contribution is 2.29. The molecule has 0 aliphatic carbocycles. The van der Waals surface area contributed by atoms with Gasteiger partial charge in [0, 0.05) is 33.3 Å². The van der Waals surface area contributed by atoms with Gasteiger partial charge in [0.1, 0.15) is 11.5 Å². The summed E-state index contributed by atoms with van der Waals surface area (Å²) in [5.74, 6) is -0.383. The summed E-state index contributed by atoms with van der Waals surface area (Å²) in [5.41, 5.74) is 0.839. The van der Waals surface area contributed by atoms with Gasteiger partial charge in [0.15, 0.2) is 0 Å². The Hall–Kier alpha value is -1.36. The normalized spacial score (nSPS) is 13.1. The lowest BCUT2D eigenvalue weighted by atomic mass is 9.88. The molecule has 0 saturated heterocycles. The molecule has 0 fully saturated rings. The third kappa shape index (κ3) is 8.49. The van der Waals surface area contributed by atoms with Gasteiger partial charge in [-0.1, -0.05) is 34.6 Å². The van der Waals surface area contributed by atoms with E-state index in [2.05, 4.69) is 20.8 Å². The molecule has 29 heavy (non-hydrogen) atoms. The molecular formula is C19H34N2O6S2. The highest BCUT2D eigenvalue weighted by atomic mass is 32.2. The van der Waals surface area contributed by atoms with Crippen molar-refractivity contribution in [3.63, 3.8) is 0 Å². The zero-order valence-electron chi connectivity index (χ0n) is 18.4. The average Bonchev–Trinajstić information content (AvgIpc) is 2.61. The number of sulfonamides is 2. The Morgan fingerprint density at radius 1 is 0.793 bits per heavy atom. The highest BCUT2D eigenvalue weighted by Gasteiger charge is 2.20. The molecule has 1 aromatic rings. The van der Waals surface area contributed by atoms with Gasteiger partial charge in [-0.3, -0.25) is 0 Å². The molecule has 0 radical (unpaired) electrons. The smallest absolute Gasteiger partial charge is 0.249 e. The lowest BCUT2D eigenvalue weighted by Crippen LogP contribution is -2.31. The highest BCUT2D eigenvalue weighted by molar-refractivity contribution is 7.89. The predicted molar refractivity (Wildman–Crippen MR) is 115 cm³/mol. The number of nitrogens with zero attached hydrogens (tertiary/aromatic N) is 2. The monoisotopic (exact) mass is 450 g/mol. The molecular weight excluding hydrogens is 416 g/mol. The Morgan fingerprint density at radius 2 is 1.17 bits per heavy atom. The second-order valence-corrected chi connectivity index (χ2v) is 12.2. The molecule has 0 spiro atoms. The van der Waals surface area contributed by atoms with Crippen LogP contribution in [0.3, 0.4) is 0 Å². The standard InChI is InChI=1S/C19H34N2O6S2/c1-8-20(6)28(22,23)14-26-17-10-16(13-19(3,4)5)11-18(12-17)27-15-29(24,25)21(7)9-2/h10-12H,8-9,13-15H2,1-7H3. The minimum absolute atomic E-state index is 0.0289. The van der Waals surface area contributed by atoms with Crippen molar-refractivity contribution in [3.05, 3.63) is 23.8 Å². The summed E-state index contributed by atoms with van der Waals surface area (Å²) in [6.07, 6.45) is 0.684. The number of ether oxygens (including phenoxy) is 2. The predicted octanol–water partition coefficient (Wildman–Crippen LogP) is 2.51. The van der Waals surface area contributed by atoms with Gasteiger partial charge >= 0.3 is 0 Å². The minimum Gasteiger partial charge on any atom is -0.476 e. The zero-order chi connectivity index (χ0) is 22.5. The third-order valence-corrected chi connectivity index (χ3v) is 7.51. The van der Waals surface area contributed by atoms with Crippen LogP contribution in [0.4, 0.5) is 0 Å². The first-order chi connectivity index (χ1) is 13.2. The number of rotatable bonds is 11. The van der Waals surface area contributed by atoms with Crippen LogP contribution in [-0.2, 0) is 26.5 Å². The van der Waals surface area contributed by atoms with Crippen molar-refractivity contribution in [1.29, 1.82) is 0 Å². The molecule has 0 bridgehead atoms. The first kappa shape index (κ1) is 25.7. The van der Waals surface area contributed by atoms with Gasteiger partial charge in [-0.05, 0) is 29.5 Å². The maximum absolute atomic E-state index is 12.2. The van der Waals surface area contributed by atoms with Crippen molar-refractivity contribution >= 4 is 20.0 Å². The molecule has 168 valence electrons. The molecule has 0 aromatic heterocycles. The van der Waals surface area contributed by atoms with Crippen LogP contribution in [0.5, 0.6) is 11.5 Å². The maximum Gasteiger partial charge on any atom is 0.249 e. The Labute approximate surface area is 175 Å². The fourth-order valence-corrected chi connectivity index (χ4v) is 4.09. The molecule has 0 N–H and O–H groups in total. The Morgan fingerprint density at radius 3 is 1.48 bits per heavy atom. The second kappa shape index (κ2) is 10.1. The van der Waals surface area contributed by atoms with Crippen molar-refractivity contribution < 1.29 is 26.3 Å². The van der Waals surface area contributed by atoms with E-state index in [0.717, 1.165) is 5.56 Å². The topological polar surface area (TPSA) is 93.2 Å². The summed E-state index contributed by atoms with van der Waals surface area (Å²) in [4.78, 5) is 0. The quantitative estimate of drug-likeness (QED) is 0.514. The largest absolute Gasteiger partial charge is 0.476 e. The van der Waals surface area contributed by atoms with E-state index in [4.69, 9.17) is 9.47 Å². The first-order valence-corrected chi connectivity index (χ1v) is 12.7. The van der Waals surface area contributed by atoms with E-state index < -0.39 is 31.9 Å². The molecule has 0 aliphatic heterocycles. The molecule has 0 aliphatic rings. The fraction of sp³-hybridized carbons (Fsp3) is 0.684. The summed E-state index contributed by atoms with van der Waals surface area (Å²) in [5, 5.41) is 0. The molecule has 8 nitrogen and oxygen atoms in total. The van der Waals surface area contributed by atoms with E-state index in [9.17, 15) is 16.8 Å². The third-order valence-electron chi connectivity index (χ3n) is 4.26. The van der Waals surface area contributed by atoms with E-state index in [0.29, 0.717) is 31.0 Å². The molecule has 0 saturated carbocycles. The van der Waals surface area contributed by atoms with Crippen LogP contribution in [0.1, 0.15) is 40.2 Å². The molecule has 1 aromatic carbocycles. The molecule has 0 atom stereocenters. The van der Waals surface area contributed by atoms with Crippen molar-refractivity contribution in [3.8, 4) is 11.5 Å².